The molecule has 2 unspecified atom stereocenters. The van der Waals surface area contributed by atoms with Crippen LogP contribution in [-0.4, -0.2) is 28.8 Å². The number of hydrogen-bond acceptors (Lipinski definition) is 3. The Labute approximate surface area is 81.9 Å². The highest BCUT2D eigenvalue weighted by molar-refractivity contribution is 6.02. The molecule has 1 saturated heterocycles. The topological polar surface area (TPSA) is 44.1 Å². The molecule has 1 aliphatic heterocycles. The third-order valence-electron chi connectivity index (χ3n) is 3.33. The van der Waals surface area contributed by atoms with Gasteiger partial charge in [0.2, 0.25) is 0 Å². The molecular weight excluding hydrogens is 180 g/mol. The fourth-order valence-corrected chi connectivity index (χ4v) is 2.33. The average Bonchev–Trinajstić information content (AvgIpc) is 2.59. The third-order valence-corrected chi connectivity index (χ3v) is 3.33. The maximum absolute atomic E-state index is 12.1. The van der Waals surface area contributed by atoms with Gasteiger partial charge in [-0.05, 0) is 12.3 Å². The maximum Gasteiger partial charge on any atom is 0.174 e. The average molecular weight is 192 g/mol. The van der Waals surface area contributed by atoms with Gasteiger partial charge in [0.05, 0.1) is 30.4 Å². The Hall–Kier alpha value is -1.16. The van der Waals surface area contributed by atoms with Crippen molar-refractivity contribution in [3.63, 3.8) is 0 Å². The monoisotopic (exact) mass is 192 g/mol. The van der Waals surface area contributed by atoms with Crippen molar-refractivity contribution in [3.05, 3.63) is 18.0 Å². The lowest BCUT2D eigenvalue weighted by Gasteiger charge is -2.06. The summed E-state index contributed by atoms with van der Waals surface area (Å²) in [5.41, 5.74) is 0.545. The number of hydrogen-bond donors (Lipinski definition) is 0. The lowest BCUT2D eigenvalue weighted by Crippen LogP contribution is -2.19. The summed E-state index contributed by atoms with van der Waals surface area (Å²) in [4.78, 5) is 12.1. The highest BCUT2D eigenvalue weighted by Gasteiger charge is 2.63. The molecule has 3 rings (SSSR count). The summed E-state index contributed by atoms with van der Waals surface area (Å²) >= 11 is 0. The van der Waals surface area contributed by atoms with Crippen molar-refractivity contribution < 1.29 is 9.53 Å². The van der Waals surface area contributed by atoms with Crippen LogP contribution >= 0.6 is 0 Å². The van der Waals surface area contributed by atoms with Crippen molar-refractivity contribution in [2.75, 3.05) is 13.2 Å². The fourth-order valence-electron chi connectivity index (χ4n) is 2.33. The third kappa shape index (κ3) is 0.917. The van der Waals surface area contributed by atoms with Crippen LogP contribution in [0.15, 0.2) is 12.4 Å². The highest BCUT2D eigenvalue weighted by atomic mass is 16.5. The number of ether oxygens (including phenoxy) is 1. The summed E-state index contributed by atoms with van der Waals surface area (Å²) in [6.45, 7) is 1.36. The van der Waals surface area contributed by atoms with E-state index in [1.54, 1.807) is 17.1 Å². The van der Waals surface area contributed by atoms with Gasteiger partial charge in [-0.2, -0.15) is 5.10 Å². The van der Waals surface area contributed by atoms with Gasteiger partial charge in [0.25, 0.3) is 0 Å². The van der Waals surface area contributed by atoms with E-state index in [1.165, 1.54) is 0 Å². The van der Waals surface area contributed by atoms with Crippen LogP contribution in [0.5, 0.6) is 0 Å². The summed E-state index contributed by atoms with van der Waals surface area (Å²) in [7, 11) is 1.82. The zero-order valence-corrected chi connectivity index (χ0v) is 8.06. The molecule has 2 heterocycles. The predicted octanol–water partition coefficient (Wildman–Crippen LogP) is 0.639. The van der Waals surface area contributed by atoms with E-state index in [2.05, 4.69) is 5.10 Å². The molecule has 74 valence electrons. The van der Waals surface area contributed by atoms with E-state index in [4.69, 9.17) is 4.74 Å². The van der Waals surface area contributed by atoms with Gasteiger partial charge in [0, 0.05) is 13.2 Å². The zero-order chi connectivity index (χ0) is 9.76. The summed E-state index contributed by atoms with van der Waals surface area (Å²) in [5.74, 6) is 0.684. The summed E-state index contributed by atoms with van der Waals surface area (Å²) in [6, 6.07) is 0. The quantitative estimate of drug-likeness (QED) is 0.646. The second kappa shape index (κ2) is 2.45. The molecular formula is C10H12N2O2. The summed E-state index contributed by atoms with van der Waals surface area (Å²) in [5, 5.41) is 4.01. The van der Waals surface area contributed by atoms with Gasteiger partial charge in [-0.3, -0.25) is 9.48 Å². The Morgan fingerprint density at radius 1 is 1.79 bits per heavy atom. The van der Waals surface area contributed by atoms with Crippen molar-refractivity contribution in [2.45, 2.75) is 6.42 Å². The molecule has 2 atom stereocenters. The molecule has 2 fully saturated rings. The maximum atomic E-state index is 12.1. The number of carbonyl (C=O) groups excluding carboxylic acids is 1. The van der Waals surface area contributed by atoms with E-state index in [9.17, 15) is 4.79 Å². The Morgan fingerprint density at radius 2 is 2.64 bits per heavy atom. The van der Waals surface area contributed by atoms with Crippen molar-refractivity contribution in [2.24, 2.45) is 18.4 Å². The van der Waals surface area contributed by atoms with Crippen LogP contribution in [0, 0.1) is 11.3 Å². The number of fused-ring (bicyclic) bond motifs is 1. The minimum Gasteiger partial charge on any atom is -0.380 e. The number of carbonyl (C=O) groups is 1. The standard InChI is InChI=1S/C10H12N2O2/c1-12-4-7(3-11-12)9(13)10-2-8(10)5-14-6-10/h3-4,8H,2,5-6H2,1H3. The molecule has 0 aromatic carbocycles. The van der Waals surface area contributed by atoms with Gasteiger partial charge in [-0.25, -0.2) is 0 Å². The van der Waals surface area contributed by atoms with E-state index in [-0.39, 0.29) is 11.2 Å². The molecule has 1 aromatic rings. The van der Waals surface area contributed by atoms with Gasteiger partial charge >= 0.3 is 0 Å². The second-order valence-electron chi connectivity index (χ2n) is 4.30. The molecule has 0 radical (unpaired) electrons. The number of rotatable bonds is 2. The first-order valence-electron chi connectivity index (χ1n) is 4.83. The predicted molar refractivity (Wildman–Crippen MR) is 48.9 cm³/mol. The summed E-state index contributed by atoms with van der Waals surface area (Å²) in [6.07, 6.45) is 4.43. The van der Waals surface area contributed by atoms with E-state index >= 15 is 0 Å². The SMILES string of the molecule is Cn1cc(C(=O)C23COCC2C3)cn1. The highest BCUT2D eigenvalue weighted by Crippen LogP contribution is 2.58. The van der Waals surface area contributed by atoms with Crippen LogP contribution in [0.1, 0.15) is 16.8 Å². The molecule has 0 bridgehead atoms. The fraction of sp³-hybridized carbons (Fsp3) is 0.600. The van der Waals surface area contributed by atoms with Crippen molar-refractivity contribution in [1.29, 1.82) is 0 Å². The number of ketones is 1. The first-order valence-corrected chi connectivity index (χ1v) is 4.83. The van der Waals surface area contributed by atoms with Gasteiger partial charge in [-0.15, -0.1) is 0 Å². The molecule has 1 saturated carbocycles. The Bertz CT molecular complexity index is 399. The molecule has 0 amide bonds. The van der Waals surface area contributed by atoms with E-state index in [0.29, 0.717) is 12.5 Å². The minimum atomic E-state index is -0.178. The van der Waals surface area contributed by atoms with Crippen LogP contribution in [0.3, 0.4) is 0 Å². The van der Waals surface area contributed by atoms with Gasteiger partial charge < -0.3 is 4.74 Å². The number of nitrogens with zero attached hydrogens (tertiary/aromatic N) is 2. The second-order valence-corrected chi connectivity index (χ2v) is 4.30. The first kappa shape index (κ1) is 8.17. The lowest BCUT2D eigenvalue weighted by atomic mass is 9.96. The molecule has 0 spiro atoms. The Morgan fingerprint density at radius 3 is 3.14 bits per heavy atom. The molecule has 4 heteroatoms. The minimum absolute atomic E-state index is 0.178. The molecule has 0 N–H and O–H groups in total. The molecule has 4 nitrogen and oxygen atoms in total. The molecule has 14 heavy (non-hydrogen) atoms. The molecule has 1 aromatic heterocycles. The first-order chi connectivity index (χ1) is 6.72. The van der Waals surface area contributed by atoms with Crippen molar-refractivity contribution >= 4 is 5.78 Å². The summed E-state index contributed by atoms with van der Waals surface area (Å²) < 4.78 is 6.98. The Balaban J connectivity index is 1.90. The lowest BCUT2D eigenvalue weighted by molar-refractivity contribution is 0.0829. The van der Waals surface area contributed by atoms with Crippen molar-refractivity contribution in [3.8, 4) is 0 Å². The van der Waals surface area contributed by atoms with Gasteiger partial charge in [0.15, 0.2) is 5.78 Å². The van der Waals surface area contributed by atoms with Crippen LogP contribution < -0.4 is 0 Å². The molecule has 1 aliphatic carbocycles. The number of Topliss-reactive ketones (excluding diaryl/α,β-unsaturated/α-hetero) is 1. The van der Waals surface area contributed by atoms with Crippen LogP contribution in [-0.2, 0) is 11.8 Å². The van der Waals surface area contributed by atoms with E-state index in [0.717, 1.165) is 18.6 Å². The number of aryl methyl sites for hydroxylation is 1. The molecule has 2 aliphatic rings. The smallest absolute Gasteiger partial charge is 0.174 e. The largest absolute Gasteiger partial charge is 0.380 e. The van der Waals surface area contributed by atoms with Crippen LogP contribution in [0.4, 0.5) is 0 Å². The van der Waals surface area contributed by atoms with E-state index in [1.807, 2.05) is 7.05 Å². The van der Waals surface area contributed by atoms with E-state index < -0.39 is 0 Å². The van der Waals surface area contributed by atoms with Crippen LogP contribution in [0.25, 0.3) is 0 Å². The van der Waals surface area contributed by atoms with Crippen LogP contribution in [0.2, 0.25) is 0 Å². The van der Waals surface area contributed by atoms with Gasteiger partial charge in [0.1, 0.15) is 0 Å². The number of aromatic nitrogens is 2. The van der Waals surface area contributed by atoms with Crippen molar-refractivity contribution in [1.82, 2.24) is 9.78 Å². The normalized spacial score (nSPS) is 34.2. The van der Waals surface area contributed by atoms with Gasteiger partial charge in [-0.1, -0.05) is 0 Å². The zero-order valence-electron chi connectivity index (χ0n) is 8.06. The Kier molecular flexibility index (Phi) is 1.43.